The fourth-order valence-corrected chi connectivity index (χ4v) is 7.61. The molecule has 5 heterocycles. The predicted octanol–water partition coefficient (Wildman–Crippen LogP) is 8.13. The van der Waals surface area contributed by atoms with Crippen molar-refractivity contribution in [2.24, 2.45) is 4.99 Å². The van der Waals surface area contributed by atoms with E-state index < -0.39 is 0 Å². The van der Waals surface area contributed by atoms with E-state index in [0.29, 0.717) is 0 Å². The molecule has 1 unspecified atom stereocenters. The zero-order valence-electron chi connectivity index (χ0n) is 28.7. The lowest BCUT2D eigenvalue weighted by atomic mass is 9.87. The SMILES string of the molecule is CC1=C(C2=CCC3=NC3c3ccc(-c4cncc(CN5CCCCC5)c4)cc32)Nc2cncc(-c3cc(F)cc(NCCN(C)C)c3)c2C1. The van der Waals surface area contributed by atoms with Gasteiger partial charge in [0.1, 0.15) is 11.9 Å². The second-order valence-corrected chi connectivity index (χ2v) is 14.2. The molecule has 2 aromatic carbocycles. The molecular weight excluding hydrogens is 609 g/mol. The maximum absolute atomic E-state index is 14.9. The maximum atomic E-state index is 14.9. The van der Waals surface area contributed by atoms with Gasteiger partial charge in [0.2, 0.25) is 0 Å². The monoisotopic (exact) mass is 653 g/mol. The number of piperidine rings is 1. The van der Waals surface area contributed by atoms with Crippen LogP contribution in [0.2, 0.25) is 0 Å². The molecule has 4 aromatic rings. The molecule has 4 aliphatic rings. The van der Waals surface area contributed by atoms with Gasteiger partial charge in [-0.15, -0.1) is 0 Å². The fourth-order valence-electron chi connectivity index (χ4n) is 7.61. The number of likely N-dealkylation sites (tertiary alicyclic amines) is 1. The van der Waals surface area contributed by atoms with Crippen molar-refractivity contribution in [2.45, 2.75) is 51.6 Å². The van der Waals surface area contributed by atoms with Crippen LogP contribution < -0.4 is 10.6 Å². The average molecular weight is 654 g/mol. The van der Waals surface area contributed by atoms with E-state index in [-0.39, 0.29) is 11.9 Å². The van der Waals surface area contributed by atoms with Crippen molar-refractivity contribution in [3.8, 4) is 22.3 Å². The van der Waals surface area contributed by atoms with Crippen molar-refractivity contribution in [1.29, 1.82) is 0 Å². The van der Waals surface area contributed by atoms with Gasteiger partial charge in [-0.05, 0) is 123 Å². The van der Waals surface area contributed by atoms with Crippen LogP contribution in [-0.4, -0.2) is 65.8 Å². The molecule has 2 N–H and O–H groups in total. The lowest BCUT2D eigenvalue weighted by molar-refractivity contribution is 0.220. The summed E-state index contributed by atoms with van der Waals surface area (Å²) < 4.78 is 14.9. The van der Waals surface area contributed by atoms with E-state index in [1.165, 1.54) is 71.5 Å². The Morgan fingerprint density at radius 1 is 0.918 bits per heavy atom. The van der Waals surface area contributed by atoms with Crippen LogP contribution in [0.5, 0.6) is 0 Å². The van der Waals surface area contributed by atoms with E-state index in [1.807, 2.05) is 44.9 Å². The van der Waals surface area contributed by atoms with Crippen LogP contribution in [0.15, 0.2) is 89.6 Å². The Morgan fingerprint density at radius 3 is 2.63 bits per heavy atom. The lowest BCUT2D eigenvalue weighted by Gasteiger charge is -2.27. The highest BCUT2D eigenvalue weighted by Crippen LogP contribution is 2.46. The Balaban J connectivity index is 1.10. The maximum Gasteiger partial charge on any atom is 0.125 e. The first-order valence-corrected chi connectivity index (χ1v) is 17.6. The van der Waals surface area contributed by atoms with Gasteiger partial charge in [0, 0.05) is 78.4 Å². The Morgan fingerprint density at radius 2 is 1.78 bits per heavy atom. The van der Waals surface area contributed by atoms with E-state index in [2.05, 4.69) is 67.7 Å². The second kappa shape index (κ2) is 13.3. The van der Waals surface area contributed by atoms with E-state index in [1.54, 1.807) is 12.1 Å². The van der Waals surface area contributed by atoms with Gasteiger partial charge in [-0.3, -0.25) is 19.9 Å². The Kier molecular flexibility index (Phi) is 8.60. The highest BCUT2D eigenvalue weighted by atomic mass is 19.1. The summed E-state index contributed by atoms with van der Waals surface area (Å²) in [6, 6.07) is 14.5. The Bertz CT molecular complexity index is 2000. The van der Waals surface area contributed by atoms with Gasteiger partial charge in [-0.25, -0.2) is 4.39 Å². The van der Waals surface area contributed by atoms with Crippen molar-refractivity contribution in [1.82, 2.24) is 19.8 Å². The molecule has 1 atom stereocenters. The molecule has 3 aliphatic heterocycles. The van der Waals surface area contributed by atoms with Crippen LogP contribution in [0.3, 0.4) is 0 Å². The van der Waals surface area contributed by atoms with Crippen molar-refractivity contribution in [3.63, 3.8) is 0 Å². The molecule has 1 saturated heterocycles. The number of nitrogens with zero attached hydrogens (tertiary/aromatic N) is 5. The topological polar surface area (TPSA) is 68.7 Å². The molecule has 2 aromatic heterocycles. The standard InChI is InChI=1S/C41H44FN7/c1-26-15-36-37(29-17-31(42)20-32(18-29)45-11-14-48(2)3)23-44-24-39(36)47-40(26)33-9-10-38-41(46-38)34-8-7-28(19-35(33)34)30-16-27(21-43-22-30)25-49-12-5-4-6-13-49/h7-9,16-24,41,45,47H,4-6,10-15,25H2,1-3H3. The van der Waals surface area contributed by atoms with Crippen molar-refractivity contribution >= 4 is 22.7 Å². The van der Waals surface area contributed by atoms with Crippen molar-refractivity contribution in [3.05, 3.63) is 113 Å². The first-order valence-electron chi connectivity index (χ1n) is 17.6. The van der Waals surface area contributed by atoms with E-state index >= 15 is 0 Å². The zero-order chi connectivity index (χ0) is 33.5. The number of benzene rings is 2. The number of likely N-dealkylation sites (N-methyl/N-ethyl adjacent to an activating group) is 1. The minimum atomic E-state index is -0.260. The summed E-state index contributed by atoms with van der Waals surface area (Å²) in [7, 11) is 4.06. The minimum Gasteiger partial charge on any atom is -0.384 e. The minimum absolute atomic E-state index is 0.167. The largest absolute Gasteiger partial charge is 0.384 e. The smallest absolute Gasteiger partial charge is 0.125 e. The van der Waals surface area contributed by atoms with Crippen LogP contribution in [0.1, 0.15) is 60.9 Å². The molecule has 0 radical (unpaired) electrons. The highest BCUT2D eigenvalue weighted by Gasteiger charge is 2.35. The summed E-state index contributed by atoms with van der Waals surface area (Å²) in [5.74, 6) is -0.260. The molecule has 49 heavy (non-hydrogen) atoms. The fraction of sp³-hybridized carbons (Fsp3) is 0.341. The molecule has 1 fully saturated rings. The first-order chi connectivity index (χ1) is 23.9. The number of halogens is 1. The van der Waals surface area contributed by atoms with Gasteiger partial charge in [0.15, 0.2) is 0 Å². The molecule has 8 heteroatoms. The van der Waals surface area contributed by atoms with Crippen molar-refractivity contribution < 1.29 is 4.39 Å². The summed E-state index contributed by atoms with van der Waals surface area (Å²) in [6.07, 6.45) is 15.6. The zero-order valence-corrected chi connectivity index (χ0v) is 28.7. The highest BCUT2D eigenvalue weighted by molar-refractivity contribution is 6.07. The third kappa shape index (κ3) is 6.67. The summed E-state index contributed by atoms with van der Waals surface area (Å²) in [5.41, 5.74) is 15.5. The molecular formula is C41H44FN7. The number of pyridine rings is 2. The molecule has 250 valence electrons. The van der Waals surface area contributed by atoms with Crippen LogP contribution in [0.25, 0.3) is 27.8 Å². The van der Waals surface area contributed by atoms with Gasteiger partial charge >= 0.3 is 0 Å². The molecule has 1 aliphatic carbocycles. The number of hydrogen-bond acceptors (Lipinski definition) is 7. The first kappa shape index (κ1) is 31.6. The summed E-state index contributed by atoms with van der Waals surface area (Å²) in [4.78, 5) is 18.8. The van der Waals surface area contributed by atoms with Crippen LogP contribution in [0.4, 0.5) is 15.8 Å². The molecule has 0 saturated carbocycles. The van der Waals surface area contributed by atoms with Gasteiger partial charge in [0.25, 0.3) is 0 Å². The lowest BCUT2D eigenvalue weighted by Crippen LogP contribution is -2.29. The van der Waals surface area contributed by atoms with E-state index in [9.17, 15) is 4.39 Å². The van der Waals surface area contributed by atoms with Gasteiger partial charge in [-0.1, -0.05) is 24.6 Å². The molecule has 0 amide bonds. The molecule has 0 spiro atoms. The molecule has 0 bridgehead atoms. The number of hydrogen-bond donors (Lipinski definition) is 2. The number of anilines is 2. The number of rotatable bonds is 9. The summed E-state index contributed by atoms with van der Waals surface area (Å²) >= 11 is 0. The third-order valence-corrected chi connectivity index (χ3v) is 10.2. The number of fused-ring (bicyclic) bond motifs is 4. The Labute approximate surface area is 288 Å². The number of allylic oxidation sites excluding steroid dienone is 3. The van der Waals surface area contributed by atoms with Gasteiger partial charge in [-0.2, -0.15) is 0 Å². The summed E-state index contributed by atoms with van der Waals surface area (Å²) in [5, 5.41) is 7.17. The van der Waals surface area contributed by atoms with Crippen LogP contribution in [0, 0.1) is 5.82 Å². The van der Waals surface area contributed by atoms with Gasteiger partial charge < -0.3 is 15.5 Å². The van der Waals surface area contributed by atoms with Gasteiger partial charge in [0.05, 0.1) is 11.9 Å². The Hall–Kier alpha value is -4.66. The van der Waals surface area contributed by atoms with Crippen LogP contribution >= 0.6 is 0 Å². The van der Waals surface area contributed by atoms with E-state index in [4.69, 9.17) is 4.99 Å². The quantitative estimate of drug-likeness (QED) is 0.190. The van der Waals surface area contributed by atoms with Crippen molar-refractivity contribution in [2.75, 3.05) is 50.9 Å². The summed E-state index contributed by atoms with van der Waals surface area (Å²) in [6.45, 7) is 7.09. The second-order valence-electron chi connectivity index (χ2n) is 14.2. The number of aromatic nitrogens is 2. The van der Waals surface area contributed by atoms with Crippen LogP contribution in [-0.2, 0) is 13.0 Å². The number of aliphatic imine (C=N–C) groups is 1. The molecule has 7 nitrogen and oxygen atoms in total. The normalized spacial score (nSPS) is 18.5. The predicted molar refractivity (Wildman–Crippen MR) is 198 cm³/mol. The average Bonchev–Trinajstić information content (AvgIpc) is 3.89. The number of nitrogens with one attached hydrogen (secondary N) is 2. The third-order valence-electron chi connectivity index (χ3n) is 10.2. The molecule has 8 rings (SSSR count). The van der Waals surface area contributed by atoms with E-state index in [0.717, 1.165) is 71.8 Å².